The van der Waals surface area contributed by atoms with Crippen molar-refractivity contribution in [1.82, 2.24) is 10.2 Å². The van der Waals surface area contributed by atoms with Gasteiger partial charge in [-0.15, -0.1) is 0 Å². The molecule has 0 spiro atoms. The van der Waals surface area contributed by atoms with E-state index < -0.39 is 0 Å². The van der Waals surface area contributed by atoms with Crippen LogP contribution in [0.5, 0.6) is 11.5 Å². The van der Waals surface area contributed by atoms with Crippen LogP contribution < -0.4 is 14.8 Å². The Morgan fingerprint density at radius 1 is 1.27 bits per heavy atom. The molecule has 1 N–H and O–H groups in total. The van der Waals surface area contributed by atoms with Crippen molar-refractivity contribution in [3.8, 4) is 11.5 Å². The van der Waals surface area contributed by atoms with E-state index in [2.05, 4.69) is 22.1 Å². The second kappa shape index (κ2) is 7.92. The van der Waals surface area contributed by atoms with E-state index in [9.17, 15) is 0 Å². The number of guanidine groups is 1. The van der Waals surface area contributed by atoms with Crippen molar-refractivity contribution < 1.29 is 9.47 Å². The van der Waals surface area contributed by atoms with Gasteiger partial charge in [-0.2, -0.15) is 0 Å². The van der Waals surface area contributed by atoms with Crippen LogP contribution in [0.15, 0.2) is 23.2 Å². The van der Waals surface area contributed by atoms with E-state index in [0.717, 1.165) is 42.0 Å². The molecule has 1 aromatic carbocycles. The Balaban J connectivity index is 1.99. The highest BCUT2D eigenvalue weighted by Gasteiger charge is 2.18. The van der Waals surface area contributed by atoms with Crippen LogP contribution in [-0.4, -0.2) is 45.2 Å². The molecule has 1 saturated heterocycles. The molecule has 0 atom stereocenters. The lowest BCUT2D eigenvalue weighted by molar-refractivity contribution is 0.273. The van der Waals surface area contributed by atoms with E-state index in [1.807, 2.05) is 25.2 Å². The maximum Gasteiger partial charge on any atom is 0.193 e. The predicted molar refractivity (Wildman–Crippen MR) is 89.7 cm³/mol. The molecule has 22 heavy (non-hydrogen) atoms. The summed E-state index contributed by atoms with van der Waals surface area (Å²) in [7, 11) is 5.18. The summed E-state index contributed by atoms with van der Waals surface area (Å²) in [5.41, 5.74) is 1.09. The molecule has 1 aliphatic rings. The number of methoxy groups -OCH3 is 2. The Labute approximate surface area is 133 Å². The fraction of sp³-hybridized carbons (Fsp3) is 0.588. The second-order valence-electron chi connectivity index (χ2n) is 5.75. The van der Waals surface area contributed by atoms with Crippen molar-refractivity contribution in [2.45, 2.75) is 26.3 Å². The lowest BCUT2D eigenvalue weighted by Gasteiger charge is -2.33. The largest absolute Gasteiger partial charge is 0.497 e. The normalized spacial score (nSPS) is 16.5. The first kappa shape index (κ1) is 16.5. The number of piperidine rings is 1. The van der Waals surface area contributed by atoms with Crippen LogP contribution in [0.2, 0.25) is 0 Å². The topological polar surface area (TPSA) is 46.1 Å². The van der Waals surface area contributed by atoms with Crippen molar-refractivity contribution in [2.75, 3.05) is 34.4 Å². The number of hydrogen-bond donors (Lipinski definition) is 1. The van der Waals surface area contributed by atoms with Crippen molar-refractivity contribution >= 4 is 5.96 Å². The van der Waals surface area contributed by atoms with Crippen LogP contribution in [-0.2, 0) is 6.54 Å². The van der Waals surface area contributed by atoms with Gasteiger partial charge >= 0.3 is 0 Å². The second-order valence-corrected chi connectivity index (χ2v) is 5.75. The molecular formula is C17H27N3O2. The first-order valence-corrected chi connectivity index (χ1v) is 7.84. The lowest BCUT2D eigenvalue weighted by atomic mass is 9.99. The first-order valence-electron chi connectivity index (χ1n) is 7.84. The number of nitrogens with zero attached hydrogens (tertiary/aromatic N) is 2. The number of benzene rings is 1. The van der Waals surface area contributed by atoms with Crippen molar-refractivity contribution in [2.24, 2.45) is 10.9 Å². The van der Waals surface area contributed by atoms with Crippen LogP contribution in [0.4, 0.5) is 0 Å². The molecule has 0 unspecified atom stereocenters. The monoisotopic (exact) mass is 305 g/mol. The molecule has 1 heterocycles. The molecule has 1 fully saturated rings. The van der Waals surface area contributed by atoms with Gasteiger partial charge in [-0.3, -0.25) is 4.99 Å². The van der Waals surface area contributed by atoms with Crippen molar-refractivity contribution in [3.05, 3.63) is 23.8 Å². The van der Waals surface area contributed by atoms with Gasteiger partial charge in [0, 0.05) is 38.3 Å². The van der Waals surface area contributed by atoms with Crippen molar-refractivity contribution in [3.63, 3.8) is 0 Å². The molecule has 0 aromatic heterocycles. The molecule has 122 valence electrons. The number of nitrogens with one attached hydrogen (secondary N) is 1. The molecule has 0 amide bonds. The zero-order chi connectivity index (χ0) is 15.9. The van der Waals surface area contributed by atoms with Crippen LogP contribution in [0.3, 0.4) is 0 Å². The van der Waals surface area contributed by atoms with Gasteiger partial charge in [-0.25, -0.2) is 0 Å². The van der Waals surface area contributed by atoms with Crippen LogP contribution in [0.25, 0.3) is 0 Å². The number of ether oxygens (including phenoxy) is 2. The van der Waals surface area contributed by atoms with Crippen LogP contribution in [0, 0.1) is 5.92 Å². The summed E-state index contributed by atoms with van der Waals surface area (Å²) in [6.07, 6.45) is 2.46. The highest BCUT2D eigenvalue weighted by atomic mass is 16.5. The van der Waals surface area contributed by atoms with E-state index in [1.54, 1.807) is 14.2 Å². The summed E-state index contributed by atoms with van der Waals surface area (Å²) in [4.78, 5) is 6.74. The van der Waals surface area contributed by atoms with Gasteiger partial charge in [-0.1, -0.05) is 6.92 Å². The number of aliphatic imine (C=N–C) groups is 1. The van der Waals surface area contributed by atoms with Gasteiger partial charge in [0.2, 0.25) is 0 Å². The molecule has 0 radical (unpaired) electrons. The minimum atomic E-state index is 0.686. The van der Waals surface area contributed by atoms with Crippen molar-refractivity contribution in [1.29, 1.82) is 0 Å². The minimum absolute atomic E-state index is 0.686. The van der Waals surface area contributed by atoms with Crippen LogP contribution in [0.1, 0.15) is 25.3 Å². The SMILES string of the molecule is CN=C(NCc1ccc(OC)cc1OC)N1CCC(C)CC1. The number of likely N-dealkylation sites (tertiary alicyclic amines) is 1. The Hall–Kier alpha value is -1.91. The smallest absolute Gasteiger partial charge is 0.193 e. The minimum Gasteiger partial charge on any atom is -0.497 e. The average molecular weight is 305 g/mol. The third-order valence-electron chi connectivity index (χ3n) is 4.23. The summed E-state index contributed by atoms with van der Waals surface area (Å²) >= 11 is 0. The maximum absolute atomic E-state index is 5.44. The maximum atomic E-state index is 5.44. The van der Waals surface area contributed by atoms with E-state index in [4.69, 9.17) is 9.47 Å². The number of rotatable bonds is 4. The summed E-state index contributed by atoms with van der Waals surface area (Å²) in [5, 5.41) is 3.44. The highest BCUT2D eigenvalue weighted by Crippen LogP contribution is 2.24. The number of hydrogen-bond acceptors (Lipinski definition) is 3. The summed E-state index contributed by atoms with van der Waals surface area (Å²) in [5.74, 6) is 3.41. The third-order valence-corrected chi connectivity index (χ3v) is 4.23. The van der Waals surface area contributed by atoms with E-state index in [1.165, 1.54) is 12.8 Å². The zero-order valence-corrected chi connectivity index (χ0v) is 14.1. The molecule has 1 aromatic rings. The molecule has 2 rings (SSSR count). The van der Waals surface area contributed by atoms with Crippen LogP contribution >= 0.6 is 0 Å². The molecule has 0 bridgehead atoms. The fourth-order valence-electron chi connectivity index (χ4n) is 2.72. The summed E-state index contributed by atoms with van der Waals surface area (Å²) < 4.78 is 10.7. The van der Waals surface area contributed by atoms with E-state index >= 15 is 0 Å². The molecule has 5 heteroatoms. The molecule has 0 aliphatic carbocycles. The highest BCUT2D eigenvalue weighted by molar-refractivity contribution is 5.80. The predicted octanol–water partition coefficient (Wildman–Crippen LogP) is 2.51. The molecule has 5 nitrogen and oxygen atoms in total. The Bertz CT molecular complexity index is 509. The van der Waals surface area contributed by atoms with E-state index in [0.29, 0.717) is 6.54 Å². The van der Waals surface area contributed by atoms with Gasteiger partial charge in [0.15, 0.2) is 5.96 Å². The summed E-state index contributed by atoms with van der Waals surface area (Å²) in [6, 6.07) is 5.88. The third kappa shape index (κ3) is 4.06. The van der Waals surface area contributed by atoms with Gasteiger partial charge in [-0.05, 0) is 30.9 Å². The summed E-state index contributed by atoms with van der Waals surface area (Å²) in [6.45, 7) is 5.14. The Morgan fingerprint density at radius 3 is 2.59 bits per heavy atom. The quantitative estimate of drug-likeness (QED) is 0.686. The van der Waals surface area contributed by atoms with Gasteiger partial charge < -0.3 is 19.7 Å². The Morgan fingerprint density at radius 2 is 2.00 bits per heavy atom. The fourth-order valence-corrected chi connectivity index (χ4v) is 2.72. The molecule has 1 aliphatic heterocycles. The lowest BCUT2D eigenvalue weighted by Crippen LogP contribution is -2.45. The first-order chi connectivity index (χ1) is 10.7. The molecular weight excluding hydrogens is 278 g/mol. The average Bonchev–Trinajstić information content (AvgIpc) is 2.56. The van der Waals surface area contributed by atoms with E-state index in [-0.39, 0.29) is 0 Å². The van der Waals surface area contributed by atoms with Gasteiger partial charge in [0.1, 0.15) is 11.5 Å². The molecule has 0 saturated carbocycles. The Kier molecular flexibility index (Phi) is 5.92. The van der Waals surface area contributed by atoms with Gasteiger partial charge in [0.05, 0.1) is 14.2 Å². The zero-order valence-electron chi connectivity index (χ0n) is 14.1. The van der Waals surface area contributed by atoms with Gasteiger partial charge in [0.25, 0.3) is 0 Å². The standard InChI is InChI=1S/C17H27N3O2/c1-13-7-9-20(10-8-13)17(18-2)19-12-14-5-6-15(21-3)11-16(14)22-4/h5-6,11,13H,7-10,12H2,1-4H3,(H,18,19).